The molecule has 1 aromatic carbocycles. The van der Waals surface area contributed by atoms with Crippen LogP contribution in [0, 0.1) is 0 Å². The molecule has 19 heavy (non-hydrogen) atoms. The first-order valence-corrected chi connectivity index (χ1v) is 6.66. The van der Waals surface area contributed by atoms with Crippen LogP contribution in [0.1, 0.15) is 31.7 Å². The normalized spacial score (nSPS) is 14.0. The lowest BCUT2D eigenvalue weighted by Crippen LogP contribution is -2.44. The van der Waals surface area contributed by atoms with Crippen molar-refractivity contribution in [2.75, 3.05) is 13.2 Å². The summed E-state index contributed by atoms with van der Waals surface area (Å²) in [6.07, 6.45) is 3.08. The molecule has 4 nitrogen and oxygen atoms in total. The molecular formula is C15H23NO3. The number of ether oxygens (including phenoxy) is 1. The van der Waals surface area contributed by atoms with Gasteiger partial charge in [0.05, 0.1) is 0 Å². The summed E-state index contributed by atoms with van der Waals surface area (Å²) in [5, 5.41) is 8.84. The van der Waals surface area contributed by atoms with Gasteiger partial charge in [0.1, 0.15) is 5.54 Å². The Morgan fingerprint density at radius 1 is 1.26 bits per heavy atom. The maximum absolute atomic E-state index is 10.8. The molecule has 0 saturated heterocycles. The number of hydrogen-bond donors (Lipinski definition) is 2. The number of carboxylic acids is 1. The van der Waals surface area contributed by atoms with Gasteiger partial charge in [-0.2, -0.15) is 0 Å². The number of rotatable bonds is 9. The molecule has 0 aromatic heterocycles. The molecule has 0 radical (unpaired) electrons. The van der Waals surface area contributed by atoms with Gasteiger partial charge in [0.25, 0.3) is 0 Å². The standard InChI is InChI=1S/C15H23NO3/c1-15(16,14(17)18)10-6-12-19-11-5-9-13-7-3-2-4-8-13/h2-4,7-8H,5-6,9-12,16H2,1H3,(H,17,18). The van der Waals surface area contributed by atoms with Gasteiger partial charge >= 0.3 is 5.97 Å². The van der Waals surface area contributed by atoms with Gasteiger partial charge < -0.3 is 15.6 Å². The Kier molecular flexibility index (Phi) is 6.53. The molecule has 0 heterocycles. The number of aliphatic carboxylic acids is 1. The van der Waals surface area contributed by atoms with Crippen LogP contribution < -0.4 is 5.73 Å². The van der Waals surface area contributed by atoms with E-state index < -0.39 is 11.5 Å². The van der Waals surface area contributed by atoms with E-state index in [1.54, 1.807) is 0 Å². The van der Waals surface area contributed by atoms with Gasteiger partial charge in [0.2, 0.25) is 0 Å². The summed E-state index contributed by atoms with van der Waals surface area (Å²) < 4.78 is 5.48. The van der Waals surface area contributed by atoms with Crippen LogP contribution in [0.2, 0.25) is 0 Å². The zero-order valence-corrected chi connectivity index (χ0v) is 11.5. The summed E-state index contributed by atoms with van der Waals surface area (Å²) in [5.74, 6) is -0.962. The molecule has 0 saturated carbocycles. The Bertz CT molecular complexity index is 376. The van der Waals surface area contributed by atoms with Gasteiger partial charge in [-0.25, -0.2) is 0 Å². The number of carbonyl (C=O) groups is 1. The number of carboxylic acid groups (broad SMARTS) is 1. The summed E-state index contributed by atoms with van der Waals surface area (Å²) in [6.45, 7) is 2.79. The van der Waals surface area contributed by atoms with Crippen LogP contribution in [0.25, 0.3) is 0 Å². The van der Waals surface area contributed by atoms with Crippen molar-refractivity contribution in [1.82, 2.24) is 0 Å². The third kappa shape index (κ3) is 6.36. The SMILES string of the molecule is CC(N)(CCCOCCCc1ccccc1)C(=O)O. The first kappa shape index (κ1) is 15.7. The molecule has 1 unspecified atom stereocenters. The van der Waals surface area contributed by atoms with Gasteiger partial charge in [-0.1, -0.05) is 30.3 Å². The van der Waals surface area contributed by atoms with E-state index in [4.69, 9.17) is 15.6 Å². The Balaban J connectivity index is 2.02. The number of hydrogen-bond acceptors (Lipinski definition) is 3. The van der Waals surface area contributed by atoms with Gasteiger partial charge in [-0.3, -0.25) is 4.79 Å². The van der Waals surface area contributed by atoms with Gasteiger partial charge in [0.15, 0.2) is 0 Å². The zero-order valence-electron chi connectivity index (χ0n) is 11.5. The molecule has 0 fully saturated rings. The second-order valence-corrected chi connectivity index (χ2v) is 5.03. The monoisotopic (exact) mass is 265 g/mol. The van der Waals surface area contributed by atoms with E-state index in [1.165, 1.54) is 12.5 Å². The highest BCUT2D eigenvalue weighted by molar-refractivity contribution is 5.77. The minimum Gasteiger partial charge on any atom is -0.480 e. The number of aryl methyl sites for hydroxylation is 1. The van der Waals surface area contributed by atoms with Crippen molar-refractivity contribution in [1.29, 1.82) is 0 Å². The second-order valence-electron chi connectivity index (χ2n) is 5.03. The lowest BCUT2D eigenvalue weighted by atomic mass is 9.98. The van der Waals surface area contributed by atoms with Crippen LogP contribution in [0.15, 0.2) is 30.3 Å². The predicted octanol–water partition coefficient (Wildman–Crippen LogP) is 2.22. The van der Waals surface area contributed by atoms with Crippen molar-refractivity contribution < 1.29 is 14.6 Å². The lowest BCUT2D eigenvalue weighted by Gasteiger charge is -2.18. The van der Waals surface area contributed by atoms with E-state index in [2.05, 4.69) is 12.1 Å². The molecule has 4 heteroatoms. The van der Waals surface area contributed by atoms with Crippen LogP contribution in [-0.4, -0.2) is 29.8 Å². The largest absolute Gasteiger partial charge is 0.480 e. The highest BCUT2D eigenvalue weighted by Gasteiger charge is 2.26. The third-order valence-corrected chi connectivity index (χ3v) is 3.07. The molecule has 1 atom stereocenters. The van der Waals surface area contributed by atoms with E-state index >= 15 is 0 Å². The Morgan fingerprint density at radius 2 is 1.89 bits per heavy atom. The number of benzene rings is 1. The average Bonchev–Trinajstić information content (AvgIpc) is 2.38. The molecule has 0 aliphatic carbocycles. The summed E-state index contributed by atoms with van der Waals surface area (Å²) in [6, 6.07) is 10.3. The van der Waals surface area contributed by atoms with Crippen LogP contribution in [0.3, 0.4) is 0 Å². The molecule has 1 aromatic rings. The topological polar surface area (TPSA) is 72.5 Å². The van der Waals surface area contributed by atoms with Crippen LogP contribution in [0.5, 0.6) is 0 Å². The molecule has 106 valence electrons. The third-order valence-electron chi connectivity index (χ3n) is 3.07. The number of nitrogens with two attached hydrogens (primary N) is 1. The van der Waals surface area contributed by atoms with Crippen molar-refractivity contribution in [3.8, 4) is 0 Å². The minimum atomic E-state index is -1.15. The first-order chi connectivity index (χ1) is 9.02. The summed E-state index contributed by atoms with van der Waals surface area (Å²) >= 11 is 0. The molecule has 1 rings (SSSR count). The Morgan fingerprint density at radius 3 is 2.53 bits per heavy atom. The fourth-order valence-corrected chi connectivity index (χ4v) is 1.77. The molecular weight excluding hydrogens is 242 g/mol. The molecule has 0 amide bonds. The summed E-state index contributed by atoms with van der Waals surface area (Å²) in [7, 11) is 0. The predicted molar refractivity (Wildman–Crippen MR) is 75.0 cm³/mol. The van der Waals surface area contributed by atoms with Gasteiger partial charge in [0, 0.05) is 13.2 Å². The maximum atomic E-state index is 10.8. The van der Waals surface area contributed by atoms with E-state index in [-0.39, 0.29) is 0 Å². The molecule has 0 aliphatic rings. The quantitative estimate of drug-likeness (QED) is 0.671. The van der Waals surface area contributed by atoms with Crippen molar-refractivity contribution >= 4 is 5.97 Å². The van der Waals surface area contributed by atoms with Crippen molar-refractivity contribution in [3.05, 3.63) is 35.9 Å². The van der Waals surface area contributed by atoms with Crippen LogP contribution in [-0.2, 0) is 16.0 Å². The van der Waals surface area contributed by atoms with E-state index in [9.17, 15) is 4.79 Å². The highest BCUT2D eigenvalue weighted by Crippen LogP contribution is 2.09. The van der Waals surface area contributed by atoms with Crippen molar-refractivity contribution in [2.45, 2.75) is 38.1 Å². The highest BCUT2D eigenvalue weighted by atomic mass is 16.5. The summed E-state index contributed by atoms with van der Waals surface area (Å²) in [5.41, 5.74) is 5.79. The smallest absolute Gasteiger partial charge is 0.323 e. The van der Waals surface area contributed by atoms with Gasteiger partial charge in [-0.05, 0) is 38.2 Å². The Hall–Kier alpha value is -1.39. The zero-order chi connectivity index (χ0) is 14.1. The fraction of sp³-hybridized carbons (Fsp3) is 0.533. The molecule has 0 aliphatic heterocycles. The van der Waals surface area contributed by atoms with E-state index in [1.807, 2.05) is 18.2 Å². The van der Waals surface area contributed by atoms with Gasteiger partial charge in [-0.15, -0.1) is 0 Å². The molecule has 3 N–H and O–H groups in total. The van der Waals surface area contributed by atoms with Crippen molar-refractivity contribution in [2.24, 2.45) is 5.73 Å². The average molecular weight is 265 g/mol. The molecule has 0 spiro atoms. The first-order valence-electron chi connectivity index (χ1n) is 6.66. The lowest BCUT2D eigenvalue weighted by molar-refractivity contribution is -0.143. The van der Waals surface area contributed by atoms with Crippen LogP contribution in [0.4, 0.5) is 0 Å². The maximum Gasteiger partial charge on any atom is 0.323 e. The van der Waals surface area contributed by atoms with E-state index in [0.29, 0.717) is 26.1 Å². The second kappa shape index (κ2) is 7.92. The van der Waals surface area contributed by atoms with Crippen LogP contribution >= 0.6 is 0 Å². The minimum absolute atomic E-state index is 0.432. The Labute approximate surface area is 114 Å². The summed E-state index contributed by atoms with van der Waals surface area (Å²) in [4.78, 5) is 10.8. The van der Waals surface area contributed by atoms with E-state index in [0.717, 1.165) is 12.8 Å². The van der Waals surface area contributed by atoms with Crippen molar-refractivity contribution in [3.63, 3.8) is 0 Å². The fourth-order valence-electron chi connectivity index (χ4n) is 1.77. The molecule has 0 bridgehead atoms.